The number of methoxy groups -OCH3 is 1. The van der Waals surface area contributed by atoms with Crippen molar-refractivity contribution in [2.24, 2.45) is 0 Å². The number of hydrogen-bond acceptors (Lipinski definition) is 6. The summed E-state index contributed by atoms with van der Waals surface area (Å²) in [4.78, 5) is 17.5. The molecule has 0 aromatic heterocycles. The Kier molecular flexibility index (Phi) is 10.8. The van der Waals surface area contributed by atoms with Crippen LogP contribution < -0.4 is 14.8 Å². The van der Waals surface area contributed by atoms with Crippen LogP contribution in [0, 0.1) is 5.82 Å². The molecule has 1 fully saturated rings. The Morgan fingerprint density at radius 3 is 2.10 bits per heavy atom. The van der Waals surface area contributed by atoms with Gasteiger partial charge < -0.3 is 19.7 Å². The zero-order chi connectivity index (χ0) is 30.1. The lowest BCUT2D eigenvalue weighted by Gasteiger charge is -2.39. The fourth-order valence-electron chi connectivity index (χ4n) is 4.97. The molecule has 11 heteroatoms. The summed E-state index contributed by atoms with van der Waals surface area (Å²) in [7, 11) is -1.66. The predicted octanol–water partition coefficient (Wildman–Crippen LogP) is 5.91. The number of urea groups is 1. The highest BCUT2D eigenvalue weighted by Crippen LogP contribution is 2.25. The third-order valence-electron chi connectivity index (χ3n) is 7.27. The molecule has 3 aromatic carbocycles. The summed E-state index contributed by atoms with van der Waals surface area (Å²) in [6, 6.07) is 20.3. The van der Waals surface area contributed by atoms with Crippen LogP contribution in [0.25, 0.3) is 0 Å². The van der Waals surface area contributed by atoms with Gasteiger partial charge in [-0.3, -0.25) is 9.62 Å². The van der Waals surface area contributed by atoms with Crippen molar-refractivity contribution < 1.29 is 27.1 Å². The van der Waals surface area contributed by atoms with Crippen molar-refractivity contribution in [2.45, 2.75) is 44.9 Å². The summed E-state index contributed by atoms with van der Waals surface area (Å²) in [5.74, 6) is 0.948. The third-order valence-corrected chi connectivity index (χ3v) is 7.87. The molecule has 1 aliphatic rings. The number of carbonyl (C=O) groups excluding carboxylic acids is 1. The molecule has 1 aliphatic heterocycles. The maximum Gasteiger partial charge on any atom is 0.322 e. The van der Waals surface area contributed by atoms with E-state index in [9.17, 15) is 17.6 Å². The fraction of sp³-hybridized carbons (Fsp3) is 0.387. The number of piperidine rings is 1. The van der Waals surface area contributed by atoms with Gasteiger partial charge in [0.25, 0.3) is 0 Å². The number of benzene rings is 3. The molecule has 1 unspecified atom stereocenters. The summed E-state index contributed by atoms with van der Waals surface area (Å²) in [6.07, 6.45) is 3.51. The molecule has 1 atom stereocenters. The summed E-state index contributed by atoms with van der Waals surface area (Å²) in [5.41, 5.74) is 2.19. The highest BCUT2D eigenvalue weighted by atomic mass is 32.2. The Morgan fingerprint density at radius 1 is 0.976 bits per heavy atom. The molecular weight excluding hydrogens is 559 g/mol. The number of hydrogen-bond donors (Lipinski definition) is 2. The largest absolute Gasteiger partial charge is 0.457 e. The fourth-order valence-corrected chi connectivity index (χ4v) is 5.53. The Morgan fingerprint density at radius 2 is 1.55 bits per heavy atom. The van der Waals surface area contributed by atoms with Gasteiger partial charge in [-0.1, -0.05) is 19.1 Å². The lowest BCUT2D eigenvalue weighted by Crippen LogP contribution is -2.51. The van der Waals surface area contributed by atoms with E-state index in [1.54, 1.807) is 43.5 Å². The highest BCUT2D eigenvalue weighted by Gasteiger charge is 2.30. The normalized spacial score (nSPS) is 15.1. The molecular formula is C31H39FN4O5S. The number of anilines is 2. The lowest BCUT2D eigenvalue weighted by atomic mass is 10.0. The van der Waals surface area contributed by atoms with E-state index in [2.05, 4.69) is 14.9 Å². The summed E-state index contributed by atoms with van der Waals surface area (Å²) >= 11 is 0. The standard InChI is InChI=1S/C31H39FN4O5S/c1-4-28(40-2)22-36(31(37)33-25-9-7-24(32)8-10-25)27-17-19-35(20-18-27)21-23-5-13-29(14-6-23)41-30-15-11-26(12-16-30)34-42(3,38)39/h5-16,27-28,34H,4,17-22H2,1-3H3,(H,33,37). The monoisotopic (exact) mass is 598 g/mol. The molecule has 4 rings (SSSR count). The van der Waals surface area contributed by atoms with Gasteiger partial charge >= 0.3 is 6.03 Å². The minimum atomic E-state index is -3.33. The summed E-state index contributed by atoms with van der Waals surface area (Å²) in [6.45, 7) is 5.01. The van der Waals surface area contributed by atoms with Crippen molar-refractivity contribution >= 4 is 27.4 Å². The van der Waals surface area contributed by atoms with E-state index in [0.29, 0.717) is 29.4 Å². The van der Waals surface area contributed by atoms with Crippen LogP contribution in [0.1, 0.15) is 31.7 Å². The minimum absolute atomic E-state index is 0.0650. The van der Waals surface area contributed by atoms with Crippen LogP contribution in [-0.4, -0.2) is 69.4 Å². The smallest absolute Gasteiger partial charge is 0.322 e. The Hall–Kier alpha value is -3.67. The van der Waals surface area contributed by atoms with Crippen LogP contribution in [0.2, 0.25) is 0 Å². The van der Waals surface area contributed by atoms with Gasteiger partial charge in [0.05, 0.1) is 12.4 Å². The highest BCUT2D eigenvalue weighted by molar-refractivity contribution is 7.92. The van der Waals surface area contributed by atoms with Crippen molar-refractivity contribution in [1.82, 2.24) is 9.80 Å². The number of sulfonamides is 1. The molecule has 0 saturated carbocycles. The topological polar surface area (TPSA) is 100 Å². The van der Waals surface area contributed by atoms with E-state index < -0.39 is 10.0 Å². The Bertz CT molecular complexity index is 1390. The summed E-state index contributed by atoms with van der Waals surface area (Å²) < 4.78 is 50.0. The first-order chi connectivity index (χ1) is 20.1. The molecule has 2 N–H and O–H groups in total. The summed E-state index contributed by atoms with van der Waals surface area (Å²) in [5, 5.41) is 2.92. The first kappa shape index (κ1) is 31.3. The Labute approximate surface area is 247 Å². The number of halogens is 1. The molecule has 0 aliphatic carbocycles. The van der Waals surface area contributed by atoms with E-state index in [1.165, 1.54) is 12.1 Å². The number of amides is 2. The number of ether oxygens (including phenoxy) is 2. The predicted molar refractivity (Wildman–Crippen MR) is 163 cm³/mol. The van der Waals surface area contributed by atoms with Crippen LogP contribution in [0.15, 0.2) is 72.8 Å². The van der Waals surface area contributed by atoms with Crippen molar-refractivity contribution in [3.8, 4) is 11.5 Å². The average molecular weight is 599 g/mol. The second kappa shape index (κ2) is 14.5. The van der Waals surface area contributed by atoms with Crippen molar-refractivity contribution in [3.63, 3.8) is 0 Å². The number of likely N-dealkylation sites (tertiary alicyclic amines) is 1. The van der Waals surface area contributed by atoms with Crippen molar-refractivity contribution in [1.29, 1.82) is 0 Å². The number of nitrogens with zero attached hydrogens (tertiary/aromatic N) is 2. The van der Waals surface area contributed by atoms with E-state index in [-0.39, 0.29) is 24.0 Å². The molecule has 3 aromatic rings. The average Bonchev–Trinajstić information content (AvgIpc) is 2.97. The lowest BCUT2D eigenvalue weighted by molar-refractivity contribution is 0.0476. The maximum absolute atomic E-state index is 13.3. The number of carbonyl (C=O) groups is 1. The molecule has 1 saturated heterocycles. The number of rotatable bonds is 12. The van der Waals surface area contributed by atoms with Gasteiger partial charge in [0.1, 0.15) is 17.3 Å². The third kappa shape index (κ3) is 9.43. The molecule has 0 spiro atoms. The SMILES string of the molecule is CCC(CN(C(=O)Nc1ccc(F)cc1)C1CCN(Cc2ccc(Oc3ccc(NS(C)(=O)=O)cc3)cc2)CC1)OC. The van der Waals surface area contributed by atoms with Gasteiger partial charge in [-0.25, -0.2) is 17.6 Å². The van der Waals surface area contributed by atoms with Gasteiger partial charge in [-0.2, -0.15) is 0 Å². The molecule has 0 bridgehead atoms. The van der Waals surface area contributed by atoms with Gasteiger partial charge in [-0.05, 0) is 85.5 Å². The first-order valence-corrected chi connectivity index (χ1v) is 15.9. The second-order valence-corrected chi connectivity index (χ2v) is 12.3. The van der Waals surface area contributed by atoms with E-state index in [4.69, 9.17) is 9.47 Å². The van der Waals surface area contributed by atoms with Gasteiger partial charge in [0, 0.05) is 50.7 Å². The first-order valence-electron chi connectivity index (χ1n) is 14.0. The van der Waals surface area contributed by atoms with Crippen molar-refractivity contribution in [2.75, 3.05) is 43.0 Å². The molecule has 226 valence electrons. The van der Waals surface area contributed by atoms with E-state index in [1.807, 2.05) is 36.1 Å². The maximum atomic E-state index is 13.3. The molecule has 0 radical (unpaired) electrons. The molecule has 2 amide bonds. The minimum Gasteiger partial charge on any atom is -0.457 e. The van der Waals surface area contributed by atoms with Gasteiger partial charge in [-0.15, -0.1) is 0 Å². The van der Waals surface area contributed by atoms with E-state index in [0.717, 1.165) is 50.7 Å². The van der Waals surface area contributed by atoms with Crippen molar-refractivity contribution in [3.05, 3.63) is 84.2 Å². The molecule has 9 nitrogen and oxygen atoms in total. The quantitative estimate of drug-likeness (QED) is 0.269. The van der Waals surface area contributed by atoms with Gasteiger partial charge in [0.2, 0.25) is 10.0 Å². The zero-order valence-electron chi connectivity index (χ0n) is 24.3. The van der Waals surface area contributed by atoms with Gasteiger partial charge in [0.15, 0.2) is 0 Å². The van der Waals surface area contributed by atoms with Crippen LogP contribution in [0.5, 0.6) is 11.5 Å². The van der Waals surface area contributed by atoms with E-state index >= 15 is 0 Å². The molecule has 42 heavy (non-hydrogen) atoms. The Balaban J connectivity index is 1.30. The van der Waals surface area contributed by atoms with Crippen LogP contribution in [0.4, 0.5) is 20.6 Å². The second-order valence-electron chi connectivity index (χ2n) is 10.5. The molecule has 1 heterocycles. The van der Waals surface area contributed by atoms with Crippen LogP contribution in [-0.2, 0) is 21.3 Å². The zero-order valence-corrected chi connectivity index (χ0v) is 25.1. The van der Waals surface area contributed by atoms with Crippen LogP contribution >= 0.6 is 0 Å². The number of nitrogens with one attached hydrogen (secondary N) is 2. The van der Waals surface area contributed by atoms with Crippen LogP contribution in [0.3, 0.4) is 0 Å².